The number of aliphatic hydroxyl groups is 1. The van der Waals surface area contributed by atoms with E-state index in [0.717, 1.165) is 5.56 Å². The van der Waals surface area contributed by atoms with Crippen molar-refractivity contribution in [3.63, 3.8) is 0 Å². The monoisotopic (exact) mass is 353 g/mol. The maximum Gasteiger partial charge on any atom is 0.233 e. The van der Waals surface area contributed by atoms with Crippen molar-refractivity contribution in [2.24, 2.45) is 10.9 Å². The average Bonchev–Trinajstić information content (AvgIpc) is 3.08. The number of nitrogens with one attached hydrogen (secondary N) is 1. The number of sulfone groups is 1. The molecule has 2 N–H and O–H groups in total. The lowest BCUT2D eigenvalue weighted by molar-refractivity contribution is 0.159. The molecule has 0 bridgehead atoms. The van der Waals surface area contributed by atoms with Gasteiger partial charge in [0.1, 0.15) is 6.17 Å². The average molecular weight is 353 g/mol. The number of hydrazine groups is 1. The van der Waals surface area contributed by atoms with Crippen LogP contribution in [-0.4, -0.2) is 47.9 Å². The molecule has 1 aromatic rings. The van der Waals surface area contributed by atoms with Gasteiger partial charge < -0.3 is 5.11 Å². The molecule has 3 aliphatic rings. The van der Waals surface area contributed by atoms with E-state index in [1.165, 1.54) is 0 Å². The summed E-state index contributed by atoms with van der Waals surface area (Å²) in [7, 11) is -3.60. The molecule has 3 atom stereocenters. The lowest BCUT2D eigenvalue weighted by Gasteiger charge is -2.33. The minimum Gasteiger partial charge on any atom is -0.396 e. The summed E-state index contributed by atoms with van der Waals surface area (Å²) in [6.07, 6.45) is -0.846. The Morgan fingerprint density at radius 2 is 1.96 bits per heavy atom. The zero-order valence-electron chi connectivity index (χ0n) is 13.0. The molecule has 0 aromatic heterocycles. The summed E-state index contributed by atoms with van der Waals surface area (Å²) in [5.74, 6) is 0.0394. The van der Waals surface area contributed by atoms with E-state index >= 15 is 0 Å². The third-order valence-corrected chi connectivity index (χ3v) is 7.21. The number of halogens is 1. The first-order chi connectivity index (χ1) is 11.5. The molecule has 2 aliphatic heterocycles. The van der Waals surface area contributed by atoms with Gasteiger partial charge >= 0.3 is 0 Å². The molecular weight excluding hydrogens is 333 g/mol. The van der Waals surface area contributed by atoms with Crippen LogP contribution in [0.3, 0.4) is 0 Å². The van der Waals surface area contributed by atoms with Gasteiger partial charge in [0, 0.05) is 13.0 Å². The summed E-state index contributed by atoms with van der Waals surface area (Å²) < 4.78 is 39.6. The second-order valence-electron chi connectivity index (χ2n) is 6.73. The second kappa shape index (κ2) is 5.79. The van der Waals surface area contributed by atoms with Crippen LogP contribution < -0.4 is 5.43 Å². The molecule has 2 heterocycles. The van der Waals surface area contributed by atoms with E-state index in [-0.39, 0.29) is 30.2 Å². The van der Waals surface area contributed by atoms with E-state index in [1.54, 1.807) is 5.01 Å². The van der Waals surface area contributed by atoms with Crippen molar-refractivity contribution < 1.29 is 17.9 Å². The van der Waals surface area contributed by atoms with Crippen molar-refractivity contribution in [2.45, 2.75) is 42.9 Å². The highest BCUT2D eigenvalue weighted by Crippen LogP contribution is 2.40. The molecule has 4 rings (SSSR count). The van der Waals surface area contributed by atoms with Crippen molar-refractivity contribution >= 4 is 15.0 Å². The van der Waals surface area contributed by atoms with Crippen LogP contribution in [-0.2, 0) is 9.84 Å². The number of rotatable bonds is 3. The summed E-state index contributed by atoms with van der Waals surface area (Å²) in [6.45, 7) is 0.00328. The fourth-order valence-corrected chi connectivity index (χ4v) is 5.55. The number of aliphatic imine (C=N–C) groups is 1. The Hall–Kier alpha value is -1.51. The highest BCUT2D eigenvalue weighted by atomic mass is 32.2. The van der Waals surface area contributed by atoms with Gasteiger partial charge in [0.2, 0.25) is 15.0 Å². The van der Waals surface area contributed by atoms with Crippen LogP contribution in [0.5, 0.6) is 0 Å². The Morgan fingerprint density at radius 1 is 1.25 bits per heavy atom. The predicted molar refractivity (Wildman–Crippen MR) is 87.4 cm³/mol. The maximum atomic E-state index is 14.4. The highest BCUT2D eigenvalue weighted by Gasteiger charge is 2.50. The van der Waals surface area contributed by atoms with Crippen LogP contribution in [0.2, 0.25) is 0 Å². The number of amidine groups is 1. The van der Waals surface area contributed by atoms with Gasteiger partial charge in [0.15, 0.2) is 6.17 Å². The van der Waals surface area contributed by atoms with Gasteiger partial charge in [-0.1, -0.05) is 30.3 Å². The lowest BCUT2D eigenvalue weighted by Crippen LogP contribution is -2.47. The van der Waals surface area contributed by atoms with E-state index in [0.29, 0.717) is 12.8 Å². The van der Waals surface area contributed by atoms with E-state index in [9.17, 15) is 12.8 Å². The maximum absolute atomic E-state index is 14.4. The van der Waals surface area contributed by atoms with E-state index in [4.69, 9.17) is 5.11 Å². The van der Waals surface area contributed by atoms with Crippen LogP contribution >= 0.6 is 0 Å². The molecule has 1 aliphatic carbocycles. The third kappa shape index (κ3) is 2.44. The molecule has 1 saturated carbocycles. The number of hydrogen-bond acceptors (Lipinski definition) is 6. The first-order valence-electron chi connectivity index (χ1n) is 8.17. The fraction of sp³-hybridized carbons (Fsp3) is 0.562. The molecule has 6 nitrogen and oxygen atoms in total. The van der Waals surface area contributed by atoms with Gasteiger partial charge in [0.05, 0.1) is 11.3 Å². The van der Waals surface area contributed by atoms with Crippen molar-refractivity contribution in [1.29, 1.82) is 0 Å². The Labute approximate surface area is 140 Å². The van der Waals surface area contributed by atoms with Crippen LogP contribution in [0.15, 0.2) is 35.3 Å². The van der Waals surface area contributed by atoms with Crippen molar-refractivity contribution in [2.75, 3.05) is 6.61 Å². The van der Waals surface area contributed by atoms with E-state index in [2.05, 4.69) is 10.4 Å². The van der Waals surface area contributed by atoms with Crippen molar-refractivity contribution in [3.8, 4) is 0 Å². The topological polar surface area (TPSA) is 82.0 Å². The Morgan fingerprint density at radius 3 is 2.62 bits per heavy atom. The third-order valence-electron chi connectivity index (χ3n) is 5.21. The molecule has 1 unspecified atom stereocenters. The molecule has 0 amide bonds. The zero-order chi connectivity index (χ0) is 16.9. The number of benzene rings is 1. The van der Waals surface area contributed by atoms with E-state index in [1.807, 2.05) is 30.3 Å². The highest BCUT2D eigenvalue weighted by molar-refractivity contribution is 8.06. The van der Waals surface area contributed by atoms with Crippen LogP contribution in [0.1, 0.15) is 30.9 Å². The summed E-state index contributed by atoms with van der Waals surface area (Å²) in [6, 6.07) is 9.23. The lowest BCUT2D eigenvalue weighted by atomic mass is 9.86. The van der Waals surface area contributed by atoms with Gasteiger partial charge in [-0.05, 0) is 24.3 Å². The number of aliphatic hydroxyl groups excluding tert-OH is 1. The largest absolute Gasteiger partial charge is 0.396 e. The standard InChI is InChI=1S/C16H20FN3O3S/c17-13-8-14(11-4-2-1-3-5-11)20-15(13)18-16(19-20)24(22,23)12-6-10(7-12)9-21/h1-5,10,12-15,21H,6-9H2,(H,18,19)/t10?,12?,13-,14-,15?/m0/s1. The fourth-order valence-electron chi connectivity index (χ4n) is 3.70. The molecule has 24 heavy (non-hydrogen) atoms. The van der Waals surface area contributed by atoms with Gasteiger partial charge in [-0.15, -0.1) is 0 Å². The number of hydrogen-bond donors (Lipinski definition) is 2. The van der Waals surface area contributed by atoms with Crippen LogP contribution in [0, 0.1) is 5.92 Å². The molecule has 0 spiro atoms. The van der Waals surface area contributed by atoms with Crippen LogP contribution in [0.25, 0.3) is 0 Å². The first-order valence-corrected chi connectivity index (χ1v) is 9.72. The van der Waals surface area contributed by atoms with Crippen LogP contribution in [0.4, 0.5) is 4.39 Å². The minimum atomic E-state index is -3.60. The van der Waals surface area contributed by atoms with Gasteiger partial charge in [0.25, 0.3) is 0 Å². The molecule has 1 saturated heterocycles. The molecule has 130 valence electrons. The minimum absolute atomic E-state index is 0.00328. The normalized spacial score (nSPS) is 35.9. The molecule has 8 heteroatoms. The summed E-state index contributed by atoms with van der Waals surface area (Å²) in [4.78, 5) is 4.14. The van der Waals surface area contributed by atoms with Crippen molar-refractivity contribution in [1.82, 2.24) is 10.4 Å². The van der Waals surface area contributed by atoms with Gasteiger partial charge in [-0.3, -0.25) is 5.43 Å². The zero-order valence-corrected chi connectivity index (χ0v) is 13.9. The molecule has 1 aromatic carbocycles. The summed E-state index contributed by atoms with van der Waals surface area (Å²) >= 11 is 0. The Balaban J connectivity index is 1.54. The van der Waals surface area contributed by atoms with E-state index < -0.39 is 27.4 Å². The Kier molecular flexibility index (Phi) is 3.85. The predicted octanol–water partition coefficient (Wildman–Crippen LogP) is 1.16. The second-order valence-corrected chi connectivity index (χ2v) is 8.88. The first kappa shape index (κ1) is 16.0. The smallest absolute Gasteiger partial charge is 0.233 e. The molecular formula is C16H20FN3O3S. The number of nitrogens with zero attached hydrogens (tertiary/aromatic N) is 2. The number of alkyl halides is 1. The van der Waals surface area contributed by atoms with Crippen molar-refractivity contribution in [3.05, 3.63) is 35.9 Å². The summed E-state index contributed by atoms with van der Waals surface area (Å²) in [5.41, 5.74) is 3.78. The summed E-state index contributed by atoms with van der Waals surface area (Å²) in [5, 5.41) is 10.0. The van der Waals surface area contributed by atoms with Gasteiger partial charge in [-0.25, -0.2) is 17.8 Å². The molecule has 0 radical (unpaired) electrons. The molecule has 2 fully saturated rings. The Bertz CT molecular complexity index is 749. The quantitative estimate of drug-likeness (QED) is 0.852. The SMILES string of the molecule is O=S(=O)(C1=NC2[C@@H](F)C[C@@H](c3ccccc3)N2N1)C1CC(CO)C1. The number of fused-ring (bicyclic) bond motifs is 1. The van der Waals surface area contributed by atoms with Gasteiger partial charge in [-0.2, -0.15) is 5.01 Å².